The molecule has 0 aliphatic rings. The molecule has 13 nitrogen and oxygen atoms in total. The molecule has 2 aromatic carbocycles. The van der Waals surface area contributed by atoms with E-state index in [1.54, 1.807) is 45.3 Å². The molecule has 0 saturated heterocycles. The fourth-order valence-electron chi connectivity index (χ4n) is 5.35. The Morgan fingerprint density at radius 1 is 0.962 bits per heavy atom. The van der Waals surface area contributed by atoms with Crippen molar-refractivity contribution in [3.63, 3.8) is 0 Å². The van der Waals surface area contributed by atoms with Crippen LogP contribution in [0.1, 0.15) is 74.1 Å². The molecule has 1 atom stereocenters. The highest BCUT2D eigenvalue weighted by molar-refractivity contribution is 7.99. The number of hydrogen-bond acceptors (Lipinski definition) is 8. The number of benzene rings is 2. The summed E-state index contributed by atoms with van der Waals surface area (Å²) < 4.78 is 1.30. The number of aromatic nitrogens is 3. The molecule has 0 aliphatic heterocycles. The van der Waals surface area contributed by atoms with Crippen LogP contribution in [0.2, 0.25) is 0 Å². The van der Waals surface area contributed by atoms with E-state index >= 15 is 0 Å². The summed E-state index contributed by atoms with van der Waals surface area (Å²) in [6.07, 6.45) is 8.04. The molecule has 52 heavy (non-hydrogen) atoms. The van der Waals surface area contributed by atoms with Gasteiger partial charge in [0.15, 0.2) is 0 Å². The van der Waals surface area contributed by atoms with E-state index in [0.29, 0.717) is 42.6 Å². The monoisotopic (exact) mass is 727 g/mol. The number of nitrogens with zero attached hydrogens (tertiary/aromatic N) is 4. The number of fused-ring (bicyclic) bond motifs is 1. The van der Waals surface area contributed by atoms with Crippen LogP contribution in [-0.2, 0) is 14.4 Å². The maximum absolute atomic E-state index is 14.0. The standard InChI is InChI=1S/C38H45N7O6S/c1-4-44(25-35(47)42-26(2)16-21-34(46)41-23-10-5-6-15-36(48)49)38(51)45-32-24-28(52-33-14-8-7-13-30(33)37(50)39-3)18-19-29(32)31(43-45)20-17-27-12-9-11-22-40-27/h7-9,11-14,17-20,22,24,26H,4-6,10,15-16,21,23,25H2,1-3H3,(H,39,50)(H,41,46)(H,42,47)(H,48,49)/b20-17+/t26-/m0/s1. The average Bonchev–Trinajstić information content (AvgIpc) is 3.51. The Labute approximate surface area is 307 Å². The molecule has 0 radical (unpaired) electrons. The van der Waals surface area contributed by atoms with Gasteiger partial charge in [-0.05, 0) is 87.7 Å². The lowest BCUT2D eigenvalue weighted by Crippen LogP contribution is -2.45. The number of hydrogen-bond donors (Lipinski definition) is 4. The minimum absolute atomic E-state index is 0.118. The molecule has 0 saturated carbocycles. The maximum Gasteiger partial charge on any atom is 0.345 e. The van der Waals surface area contributed by atoms with Crippen LogP contribution >= 0.6 is 11.8 Å². The summed E-state index contributed by atoms with van der Waals surface area (Å²) in [4.78, 5) is 69.8. The third-order valence-corrected chi connectivity index (χ3v) is 9.20. The van der Waals surface area contributed by atoms with Crippen molar-refractivity contribution in [1.29, 1.82) is 0 Å². The number of carbonyl (C=O) groups excluding carboxylic acids is 4. The molecule has 0 unspecified atom stereocenters. The largest absolute Gasteiger partial charge is 0.481 e. The zero-order valence-electron chi connectivity index (χ0n) is 29.6. The summed E-state index contributed by atoms with van der Waals surface area (Å²) in [5.41, 5.74) is 2.33. The van der Waals surface area contributed by atoms with Crippen molar-refractivity contribution in [2.24, 2.45) is 0 Å². The number of likely N-dealkylation sites (N-methyl/N-ethyl adjacent to an activating group) is 1. The van der Waals surface area contributed by atoms with Gasteiger partial charge in [0.05, 0.1) is 22.5 Å². The molecule has 274 valence electrons. The van der Waals surface area contributed by atoms with E-state index in [9.17, 15) is 24.0 Å². The van der Waals surface area contributed by atoms with Crippen LogP contribution in [0, 0.1) is 0 Å². The first-order chi connectivity index (χ1) is 25.1. The normalized spacial score (nSPS) is 11.7. The van der Waals surface area contributed by atoms with Crippen LogP contribution in [0.3, 0.4) is 0 Å². The number of carbonyl (C=O) groups is 5. The fourth-order valence-corrected chi connectivity index (χ4v) is 6.33. The molecule has 0 spiro atoms. The highest BCUT2D eigenvalue weighted by Crippen LogP contribution is 2.33. The number of pyridine rings is 1. The minimum atomic E-state index is -0.827. The van der Waals surface area contributed by atoms with Gasteiger partial charge >= 0.3 is 12.0 Å². The van der Waals surface area contributed by atoms with Gasteiger partial charge < -0.3 is 26.0 Å². The first kappa shape index (κ1) is 39.3. The second-order valence-electron chi connectivity index (χ2n) is 12.1. The summed E-state index contributed by atoms with van der Waals surface area (Å²) in [6.45, 7) is 4.09. The van der Waals surface area contributed by atoms with E-state index in [1.807, 2.05) is 54.6 Å². The van der Waals surface area contributed by atoms with Crippen LogP contribution in [-0.4, -0.2) is 87.2 Å². The first-order valence-corrected chi connectivity index (χ1v) is 18.1. The highest BCUT2D eigenvalue weighted by atomic mass is 32.2. The van der Waals surface area contributed by atoms with Crippen molar-refractivity contribution < 1.29 is 29.1 Å². The van der Waals surface area contributed by atoms with Gasteiger partial charge in [-0.25, -0.2) is 4.79 Å². The van der Waals surface area contributed by atoms with Gasteiger partial charge in [0.1, 0.15) is 6.54 Å². The van der Waals surface area contributed by atoms with Crippen LogP contribution in [0.25, 0.3) is 23.1 Å². The number of carboxylic acid groups (broad SMARTS) is 1. The lowest BCUT2D eigenvalue weighted by Gasteiger charge is -2.22. The number of aliphatic carboxylic acids is 1. The molecule has 0 fully saturated rings. The van der Waals surface area contributed by atoms with E-state index in [4.69, 9.17) is 5.11 Å². The molecule has 14 heteroatoms. The number of amides is 4. The maximum atomic E-state index is 14.0. The number of nitrogens with one attached hydrogen (secondary N) is 3. The summed E-state index contributed by atoms with van der Waals surface area (Å²) in [5, 5.41) is 22.5. The number of unbranched alkanes of at least 4 members (excludes halogenated alkanes) is 2. The van der Waals surface area contributed by atoms with Crippen LogP contribution < -0.4 is 16.0 Å². The minimum Gasteiger partial charge on any atom is -0.481 e. The van der Waals surface area contributed by atoms with E-state index in [1.165, 1.54) is 21.3 Å². The van der Waals surface area contributed by atoms with Gasteiger partial charge in [0, 0.05) is 60.4 Å². The summed E-state index contributed by atoms with van der Waals surface area (Å²) in [6, 6.07) is 17.7. The number of rotatable bonds is 18. The molecule has 0 bridgehead atoms. The lowest BCUT2D eigenvalue weighted by molar-refractivity contribution is -0.137. The zero-order valence-corrected chi connectivity index (χ0v) is 30.4. The first-order valence-electron chi connectivity index (χ1n) is 17.3. The Hall–Kier alpha value is -5.50. The molecule has 4 N–H and O–H groups in total. The SMILES string of the molecule is CCN(CC(=O)N[C@@H](C)CCC(=O)NCCCCCC(=O)O)C(=O)n1nc(/C=C/c2ccccn2)c2ccc(Sc3ccccc3C(=O)NC)cc21. The molecule has 2 heterocycles. The summed E-state index contributed by atoms with van der Waals surface area (Å²) >= 11 is 1.39. The summed E-state index contributed by atoms with van der Waals surface area (Å²) in [7, 11) is 1.58. The van der Waals surface area contributed by atoms with Gasteiger partial charge in [-0.1, -0.05) is 36.4 Å². The Morgan fingerprint density at radius 2 is 1.75 bits per heavy atom. The second kappa shape index (κ2) is 19.8. The van der Waals surface area contributed by atoms with E-state index in [0.717, 1.165) is 27.3 Å². The number of carboxylic acids is 1. The Bertz CT molecular complexity index is 1900. The van der Waals surface area contributed by atoms with Gasteiger partial charge in [0.2, 0.25) is 11.8 Å². The molecule has 2 aromatic heterocycles. The Morgan fingerprint density at radius 3 is 2.48 bits per heavy atom. The van der Waals surface area contributed by atoms with Crippen molar-refractivity contribution in [3.05, 3.63) is 83.8 Å². The zero-order chi connectivity index (χ0) is 37.5. The third kappa shape index (κ3) is 11.5. The van der Waals surface area contributed by atoms with Crippen molar-refractivity contribution in [1.82, 2.24) is 35.6 Å². The molecule has 4 rings (SSSR count). The smallest absolute Gasteiger partial charge is 0.345 e. The van der Waals surface area contributed by atoms with Crippen LogP contribution in [0.15, 0.2) is 76.7 Å². The Balaban J connectivity index is 1.47. The summed E-state index contributed by atoms with van der Waals surface area (Å²) in [5.74, 6) is -1.54. The topological polar surface area (TPSA) is 176 Å². The molecular weight excluding hydrogens is 683 g/mol. The molecular formula is C38H45N7O6S. The van der Waals surface area contributed by atoms with Crippen molar-refractivity contribution in [3.8, 4) is 0 Å². The van der Waals surface area contributed by atoms with Gasteiger partial charge in [-0.15, -0.1) is 0 Å². The van der Waals surface area contributed by atoms with Gasteiger partial charge in [-0.2, -0.15) is 9.78 Å². The van der Waals surface area contributed by atoms with Gasteiger partial charge in [0.25, 0.3) is 5.91 Å². The van der Waals surface area contributed by atoms with Crippen LogP contribution in [0.5, 0.6) is 0 Å². The van der Waals surface area contributed by atoms with Crippen LogP contribution in [0.4, 0.5) is 4.79 Å². The van der Waals surface area contributed by atoms with E-state index in [-0.39, 0.29) is 49.7 Å². The van der Waals surface area contributed by atoms with Gasteiger partial charge in [-0.3, -0.25) is 24.2 Å². The second-order valence-corrected chi connectivity index (χ2v) is 13.2. The average molecular weight is 728 g/mol. The van der Waals surface area contributed by atoms with E-state index < -0.39 is 12.0 Å². The van der Waals surface area contributed by atoms with E-state index in [2.05, 4.69) is 26.0 Å². The third-order valence-electron chi connectivity index (χ3n) is 8.14. The van der Waals surface area contributed by atoms with Crippen molar-refractivity contribution >= 4 is 64.5 Å². The highest BCUT2D eigenvalue weighted by Gasteiger charge is 2.23. The van der Waals surface area contributed by atoms with Crippen molar-refractivity contribution in [2.45, 2.75) is 68.2 Å². The Kier molecular flexibility index (Phi) is 14.9. The molecule has 4 aromatic rings. The molecule has 4 amide bonds. The fraction of sp³-hybridized carbons (Fsp3) is 0.342. The lowest BCUT2D eigenvalue weighted by atomic mass is 10.1. The quantitative estimate of drug-likeness (QED) is 0.0972. The van der Waals surface area contributed by atoms with Crippen molar-refractivity contribution in [2.75, 3.05) is 26.7 Å². The molecule has 0 aliphatic carbocycles. The predicted molar refractivity (Wildman–Crippen MR) is 201 cm³/mol. The predicted octanol–water partition coefficient (Wildman–Crippen LogP) is 5.45.